The van der Waals surface area contributed by atoms with E-state index in [4.69, 9.17) is 30.5 Å². The normalized spacial score (nSPS) is 18.8. The summed E-state index contributed by atoms with van der Waals surface area (Å²) < 4.78 is 23.7. The Kier molecular flexibility index (Phi) is 8.34. The zero-order chi connectivity index (χ0) is 29.1. The summed E-state index contributed by atoms with van der Waals surface area (Å²) in [5, 5.41) is 9.17. The van der Waals surface area contributed by atoms with Crippen molar-refractivity contribution in [1.82, 2.24) is 20.9 Å². The third-order valence-corrected chi connectivity index (χ3v) is 7.99. The number of ether oxygens (including phenoxy) is 4. The predicted molar refractivity (Wildman–Crippen MR) is 156 cm³/mol. The summed E-state index contributed by atoms with van der Waals surface area (Å²) >= 11 is 6.68. The van der Waals surface area contributed by atoms with Crippen LogP contribution in [0.25, 0.3) is 11.1 Å². The molecular weight excluding hydrogens is 560 g/mol. The molecule has 3 aliphatic rings. The third-order valence-electron chi connectivity index (χ3n) is 7.72. The maximum absolute atomic E-state index is 11.9. The van der Waals surface area contributed by atoms with Crippen molar-refractivity contribution in [3.05, 3.63) is 64.2 Å². The number of benzene rings is 2. The molecule has 2 amide bonds. The molecule has 2 atom stereocenters. The van der Waals surface area contributed by atoms with E-state index < -0.39 is 0 Å². The fourth-order valence-electron chi connectivity index (χ4n) is 5.60. The van der Waals surface area contributed by atoms with Crippen molar-refractivity contribution in [1.29, 1.82) is 0 Å². The first kappa shape index (κ1) is 28.1. The summed E-state index contributed by atoms with van der Waals surface area (Å²) in [4.78, 5) is 28.0. The van der Waals surface area contributed by atoms with Gasteiger partial charge in [0.2, 0.25) is 17.7 Å². The molecule has 6 rings (SSSR count). The number of aromatic nitrogens is 1. The highest BCUT2D eigenvalue weighted by atomic mass is 35.5. The number of amides is 2. The van der Waals surface area contributed by atoms with Crippen molar-refractivity contribution in [2.45, 2.75) is 44.4 Å². The zero-order valence-electron chi connectivity index (χ0n) is 23.3. The maximum Gasteiger partial charge on any atom is 0.257 e. The lowest BCUT2D eigenvalue weighted by Gasteiger charge is -2.20. The molecular formula is C31H33ClN4O6. The molecule has 1 fully saturated rings. The molecule has 0 bridgehead atoms. The second-order valence-electron chi connectivity index (χ2n) is 10.5. The Balaban J connectivity index is 1.21. The number of hydrogen-bond donors (Lipinski definition) is 3. The molecule has 0 spiro atoms. The molecule has 11 heteroatoms. The van der Waals surface area contributed by atoms with Crippen molar-refractivity contribution in [2.24, 2.45) is 0 Å². The van der Waals surface area contributed by atoms with E-state index in [1.165, 1.54) is 5.56 Å². The van der Waals surface area contributed by atoms with Crippen LogP contribution in [0.15, 0.2) is 42.5 Å². The van der Waals surface area contributed by atoms with Crippen LogP contribution in [0.3, 0.4) is 0 Å². The minimum Gasteiger partial charge on any atom is -0.486 e. The summed E-state index contributed by atoms with van der Waals surface area (Å²) in [6, 6.07) is 14.1. The Labute approximate surface area is 249 Å². The highest BCUT2D eigenvalue weighted by molar-refractivity contribution is 6.31. The molecule has 10 nitrogen and oxygen atoms in total. The molecule has 2 aromatic carbocycles. The fourth-order valence-corrected chi connectivity index (χ4v) is 5.82. The number of carbonyl (C=O) groups excluding carboxylic acids is 2. The van der Waals surface area contributed by atoms with Gasteiger partial charge in [-0.3, -0.25) is 9.59 Å². The van der Waals surface area contributed by atoms with Crippen LogP contribution < -0.4 is 34.9 Å². The Morgan fingerprint density at radius 2 is 1.95 bits per heavy atom. The standard InChI is InChI=1S/C31H33ClN4O6/c1-33-29(38)17-41-30-19(15-34-16-20-6-10-28(37)35-20)13-24(32)31(36-30)42-25-9-7-22-21(3-2-4-23(22)25)18-5-8-26-27(14-18)40-12-11-39-26/h2-5,8,13-14,20,25,34H,6-7,9-12,15-17H2,1H3,(H,33,38)(H,35,37)/t20-,25-/m0/s1. The van der Waals surface area contributed by atoms with Crippen LogP contribution in [0.5, 0.6) is 23.3 Å². The van der Waals surface area contributed by atoms with Gasteiger partial charge in [0, 0.05) is 38.2 Å². The second-order valence-corrected chi connectivity index (χ2v) is 10.9. The van der Waals surface area contributed by atoms with Gasteiger partial charge in [-0.05, 0) is 59.7 Å². The molecule has 1 aromatic heterocycles. The van der Waals surface area contributed by atoms with Crippen molar-refractivity contribution in [3.8, 4) is 34.4 Å². The average molecular weight is 593 g/mol. The van der Waals surface area contributed by atoms with Gasteiger partial charge in [-0.25, -0.2) is 0 Å². The fraction of sp³-hybridized carbons (Fsp3) is 0.387. The highest BCUT2D eigenvalue weighted by Gasteiger charge is 2.29. The van der Waals surface area contributed by atoms with E-state index in [9.17, 15) is 9.59 Å². The lowest BCUT2D eigenvalue weighted by atomic mass is 9.96. The molecule has 0 radical (unpaired) electrons. The van der Waals surface area contributed by atoms with Crippen molar-refractivity contribution in [2.75, 3.05) is 33.4 Å². The molecule has 3 N–H and O–H groups in total. The minimum absolute atomic E-state index is 0.0644. The second kappa shape index (κ2) is 12.5. The first-order chi connectivity index (χ1) is 20.5. The van der Waals surface area contributed by atoms with Gasteiger partial charge in [0.1, 0.15) is 24.3 Å². The first-order valence-electron chi connectivity index (χ1n) is 14.2. The van der Waals surface area contributed by atoms with Crippen LogP contribution in [0.2, 0.25) is 5.02 Å². The van der Waals surface area contributed by atoms with Gasteiger partial charge in [-0.1, -0.05) is 35.9 Å². The molecule has 1 saturated heterocycles. The van der Waals surface area contributed by atoms with E-state index in [1.807, 2.05) is 18.2 Å². The van der Waals surface area contributed by atoms with Crippen molar-refractivity contribution >= 4 is 23.4 Å². The molecule has 220 valence electrons. The highest BCUT2D eigenvalue weighted by Crippen LogP contribution is 2.43. The topological polar surface area (TPSA) is 120 Å². The zero-order valence-corrected chi connectivity index (χ0v) is 24.1. The van der Waals surface area contributed by atoms with E-state index >= 15 is 0 Å². The molecule has 0 unspecified atom stereocenters. The summed E-state index contributed by atoms with van der Waals surface area (Å²) in [6.07, 6.45) is 2.68. The molecule has 2 aliphatic heterocycles. The van der Waals surface area contributed by atoms with Crippen LogP contribution in [0, 0.1) is 0 Å². The molecule has 1 aliphatic carbocycles. The number of hydrogen-bond acceptors (Lipinski definition) is 8. The Hall–Kier alpha value is -4.02. The van der Waals surface area contributed by atoms with Crippen LogP contribution in [-0.2, 0) is 22.6 Å². The average Bonchev–Trinajstić information content (AvgIpc) is 3.62. The molecule has 0 saturated carbocycles. The third kappa shape index (κ3) is 6.10. The van der Waals surface area contributed by atoms with E-state index in [1.54, 1.807) is 13.1 Å². The quantitative estimate of drug-likeness (QED) is 0.326. The van der Waals surface area contributed by atoms with Crippen molar-refractivity contribution < 1.29 is 28.5 Å². The van der Waals surface area contributed by atoms with Gasteiger partial charge in [0.25, 0.3) is 5.91 Å². The van der Waals surface area contributed by atoms with Crippen LogP contribution in [0.4, 0.5) is 0 Å². The number of likely N-dealkylation sites (N-methyl/N-ethyl adjacent to an activating group) is 1. The summed E-state index contributed by atoms with van der Waals surface area (Å²) in [6.45, 7) is 1.89. The van der Waals surface area contributed by atoms with Crippen LogP contribution >= 0.6 is 11.6 Å². The van der Waals surface area contributed by atoms with Crippen LogP contribution in [0.1, 0.15) is 42.1 Å². The predicted octanol–water partition coefficient (Wildman–Crippen LogP) is 3.73. The van der Waals surface area contributed by atoms with Gasteiger partial charge < -0.3 is 34.9 Å². The smallest absolute Gasteiger partial charge is 0.257 e. The van der Waals surface area contributed by atoms with Gasteiger partial charge in [-0.15, -0.1) is 0 Å². The number of nitrogens with one attached hydrogen (secondary N) is 3. The molecule has 3 aromatic rings. The van der Waals surface area contributed by atoms with Gasteiger partial charge in [0.05, 0.1) is 0 Å². The Bertz CT molecular complexity index is 1500. The minimum atomic E-state index is -0.279. The van der Waals surface area contributed by atoms with Gasteiger partial charge in [-0.2, -0.15) is 4.98 Å². The number of rotatable bonds is 10. The van der Waals surface area contributed by atoms with E-state index in [2.05, 4.69) is 39.1 Å². The number of carbonyl (C=O) groups is 2. The molecule has 42 heavy (non-hydrogen) atoms. The van der Waals surface area contributed by atoms with Crippen molar-refractivity contribution in [3.63, 3.8) is 0 Å². The lowest BCUT2D eigenvalue weighted by molar-refractivity contribution is -0.122. The SMILES string of the molecule is CNC(=O)COc1nc(O[C@H]2CCc3c(-c4ccc5c(c4)OCCO5)cccc32)c(Cl)cc1CNC[C@@H]1CCC(=O)N1. The van der Waals surface area contributed by atoms with E-state index in [0.29, 0.717) is 43.3 Å². The Morgan fingerprint density at radius 3 is 2.76 bits per heavy atom. The summed E-state index contributed by atoms with van der Waals surface area (Å²) in [7, 11) is 1.55. The lowest BCUT2D eigenvalue weighted by Crippen LogP contribution is -2.35. The van der Waals surface area contributed by atoms with Gasteiger partial charge >= 0.3 is 0 Å². The summed E-state index contributed by atoms with van der Waals surface area (Å²) in [5.41, 5.74) is 5.17. The number of nitrogens with zero attached hydrogens (tertiary/aromatic N) is 1. The number of halogens is 1. The summed E-state index contributed by atoms with van der Waals surface area (Å²) in [5.74, 6) is 1.82. The largest absolute Gasteiger partial charge is 0.486 e. The maximum atomic E-state index is 11.9. The van der Waals surface area contributed by atoms with Crippen LogP contribution in [-0.4, -0.2) is 56.3 Å². The molecule has 3 heterocycles. The number of pyridine rings is 1. The Morgan fingerprint density at radius 1 is 1.10 bits per heavy atom. The first-order valence-corrected chi connectivity index (χ1v) is 14.6. The van der Waals surface area contributed by atoms with E-state index in [-0.39, 0.29) is 42.3 Å². The van der Waals surface area contributed by atoms with Gasteiger partial charge in [0.15, 0.2) is 18.1 Å². The number of fused-ring (bicyclic) bond motifs is 2. The monoisotopic (exact) mass is 592 g/mol. The van der Waals surface area contributed by atoms with E-state index in [0.717, 1.165) is 47.5 Å².